The molecule has 96 valence electrons. The summed E-state index contributed by atoms with van der Waals surface area (Å²) in [5.41, 5.74) is 6.59. The molecular weight excluding hydrogens is 234 g/mol. The number of nitrogens with zero attached hydrogens (tertiary/aromatic N) is 2. The van der Waals surface area contributed by atoms with E-state index in [1.165, 1.54) is 0 Å². The lowest BCUT2D eigenvalue weighted by atomic mass is 10.1. The average Bonchev–Trinajstić information content (AvgIpc) is 2.86. The number of hydrogen-bond acceptors (Lipinski definition) is 6. The molecule has 18 heavy (non-hydrogen) atoms. The summed E-state index contributed by atoms with van der Waals surface area (Å²) < 4.78 is 10.1. The van der Waals surface area contributed by atoms with E-state index in [4.69, 9.17) is 20.1 Å². The van der Waals surface area contributed by atoms with Crippen molar-refractivity contribution in [2.75, 3.05) is 13.7 Å². The lowest BCUT2D eigenvalue weighted by Crippen LogP contribution is -2.14. The van der Waals surface area contributed by atoms with Crippen LogP contribution < -0.4 is 10.5 Å². The van der Waals surface area contributed by atoms with Crippen LogP contribution in [0, 0.1) is 0 Å². The molecule has 0 amide bonds. The van der Waals surface area contributed by atoms with Gasteiger partial charge in [-0.05, 0) is 17.7 Å². The maximum Gasteiger partial charge on any atom is 0.245 e. The van der Waals surface area contributed by atoms with Gasteiger partial charge in [0.15, 0.2) is 5.82 Å². The van der Waals surface area contributed by atoms with Gasteiger partial charge in [0.1, 0.15) is 11.8 Å². The van der Waals surface area contributed by atoms with E-state index in [1.807, 2.05) is 24.3 Å². The highest BCUT2D eigenvalue weighted by Gasteiger charge is 2.13. The monoisotopic (exact) mass is 249 g/mol. The molecule has 0 aliphatic rings. The van der Waals surface area contributed by atoms with Crippen LogP contribution in [0.4, 0.5) is 0 Å². The first kappa shape index (κ1) is 12.5. The number of aliphatic hydroxyl groups excluding tert-OH is 1. The van der Waals surface area contributed by atoms with E-state index in [1.54, 1.807) is 7.11 Å². The van der Waals surface area contributed by atoms with Crippen molar-refractivity contribution in [1.29, 1.82) is 0 Å². The summed E-state index contributed by atoms with van der Waals surface area (Å²) in [5.74, 6) is 1.56. The molecule has 0 spiro atoms. The fraction of sp³-hybridized carbons (Fsp3) is 0.333. The van der Waals surface area contributed by atoms with Crippen molar-refractivity contribution in [2.45, 2.75) is 12.5 Å². The van der Waals surface area contributed by atoms with E-state index in [0.717, 1.165) is 11.3 Å². The van der Waals surface area contributed by atoms with Gasteiger partial charge in [-0.25, -0.2) is 0 Å². The van der Waals surface area contributed by atoms with E-state index in [0.29, 0.717) is 12.2 Å². The zero-order chi connectivity index (χ0) is 13.0. The minimum Gasteiger partial charge on any atom is -0.497 e. The quantitative estimate of drug-likeness (QED) is 0.808. The Morgan fingerprint density at radius 3 is 3.06 bits per heavy atom. The van der Waals surface area contributed by atoms with Gasteiger partial charge in [-0.2, -0.15) is 4.98 Å². The molecule has 0 saturated carbocycles. The van der Waals surface area contributed by atoms with Crippen LogP contribution in [-0.4, -0.2) is 29.0 Å². The van der Waals surface area contributed by atoms with Crippen molar-refractivity contribution in [3.63, 3.8) is 0 Å². The number of ether oxygens (including phenoxy) is 1. The van der Waals surface area contributed by atoms with Crippen LogP contribution in [0.3, 0.4) is 0 Å². The summed E-state index contributed by atoms with van der Waals surface area (Å²) >= 11 is 0. The Balaban J connectivity index is 2.11. The summed E-state index contributed by atoms with van der Waals surface area (Å²) in [6.07, 6.45) is 0.527. The molecule has 1 atom stereocenters. The molecule has 0 bridgehead atoms. The number of rotatable bonds is 5. The molecule has 0 saturated heterocycles. The van der Waals surface area contributed by atoms with Crippen LogP contribution in [0.25, 0.3) is 0 Å². The minimum atomic E-state index is -0.628. The highest BCUT2D eigenvalue weighted by atomic mass is 16.5. The van der Waals surface area contributed by atoms with Gasteiger partial charge < -0.3 is 20.1 Å². The van der Waals surface area contributed by atoms with Crippen LogP contribution in [0.5, 0.6) is 5.75 Å². The first-order chi connectivity index (χ1) is 8.72. The molecule has 0 unspecified atom stereocenters. The SMILES string of the molecule is COc1cccc(Cc2noc([C@@H](N)CO)n2)c1. The number of aliphatic hydroxyl groups is 1. The molecule has 0 fully saturated rings. The molecule has 2 rings (SSSR count). The van der Waals surface area contributed by atoms with Crippen molar-refractivity contribution < 1.29 is 14.4 Å². The summed E-state index contributed by atoms with van der Waals surface area (Å²) in [6, 6.07) is 6.99. The van der Waals surface area contributed by atoms with Gasteiger partial charge in [-0.1, -0.05) is 17.3 Å². The van der Waals surface area contributed by atoms with Crippen LogP contribution in [0.15, 0.2) is 28.8 Å². The number of methoxy groups -OCH3 is 1. The molecular formula is C12H15N3O3. The molecule has 6 nitrogen and oxygen atoms in total. The fourth-order valence-electron chi connectivity index (χ4n) is 1.53. The smallest absolute Gasteiger partial charge is 0.245 e. The zero-order valence-corrected chi connectivity index (χ0v) is 10.0. The summed E-state index contributed by atoms with van der Waals surface area (Å²) in [7, 11) is 1.62. The normalized spacial score (nSPS) is 12.4. The highest BCUT2D eigenvalue weighted by Crippen LogP contribution is 2.15. The van der Waals surface area contributed by atoms with Crippen LogP contribution in [0.1, 0.15) is 23.3 Å². The van der Waals surface area contributed by atoms with Crippen molar-refractivity contribution in [1.82, 2.24) is 10.1 Å². The van der Waals surface area contributed by atoms with Gasteiger partial charge in [0.2, 0.25) is 5.89 Å². The third-order valence-electron chi connectivity index (χ3n) is 2.49. The van der Waals surface area contributed by atoms with Gasteiger partial charge in [0, 0.05) is 6.42 Å². The minimum absolute atomic E-state index is 0.221. The van der Waals surface area contributed by atoms with Crippen LogP contribution in [0.2, 0.25) is 0 Å². The molecule has 1 aromatic carbocycles. The number of aromatic nitrogens is 2. The van der Waals surface area contributed by atoms with Gasteiger partial charge in [0.05, 0.1) is 13.7 Å². The topological polar surface area (TPSA) is 94.4 Å². The Hall–Kier alpha value is -1.92. The van der Waals surface area contributed by atoms with Gasteiger partial charge in [-0.15, -0.1) is 0 Å². The summed E-state index contributed by atoms with van der Waals surface area (Å²) in [5, 5.41) is 12.7. The Labute approximate surface area is 104 Å². The molecule has 0 aliphatic carbocycles. The molecule has 0 radical (unpaired) electrons. The first-order valence-electron chi connectivity index (χ1n) is 5.54. The Morgan fingerprint density at radius 1 is 1.50 bits per heavy atom. The second-order valence-electron chi connectivity index (χ2n) is 3.87. The molecule has 0 aliphatic heterocycles. The lowest BCUT2D eigenvalue weighted by Gasteiger charge is -2.01. The second-order valence-corrected chi connectivity index (χ2v) is 3.87. The van der Waals surface area contributed by atoms with E-state index < -0.39 is 6.04 Å². The molecule has 6 heteroatoms. The maximum atomic E-state index is 8.89. The molecule has 2 aromatic rings. The third kappa shape index (κ3) is 2.85. The Bertz CT molecular complexity index is 513. The van der Waals surface area contributed by atoms with Crippen molar-refractivity contribution in [3.05, 3.63) is 41.5 Å². The van der Waals surface area contributed by atoms with E-state index in [2.05, 4.69) is 10.1 Å². The summed E-state index contributed by atoms with van der Waals surface area (Å²) in [4.78, 5) is 4.13. The Kier molecular flexibility index (Phi) is 3.91. The van der Waals surface area contributed by atoms with E-state index in [9.17, 15) is 0 Å². The van der Waals surface area contributed by atoms with E-state index >= 15 is 0 Å². The molecule has 1 aromatic heterocycles. The van der Waals surface area contributed by atoms with E-state index in [-0.39, 0.29) is 12.5 Å². The standard InChI is InChI=1S/C12H15N3O3/c1-17-9-4-2-3-8(5-9)6-11-14-12(18-15-11)10(13)7-16/h2-5,10,16H,6-7,13H2,1H3/t10-/m0/s1. The zero-order valence-electron chi connectivity index (χ0n) is 10.0. The first-order valence-corrected chi connectivity index (χ1v) is 5.54. The van der Waals surface area contributed by atoms with Crippen molar-refractivity contribution in [3.8, 4) is 5.75 Å². The number of hydrogen-bond donors (Lipinski definition) is 2. The van der Waals surface area contributed by atoms with Gasteiger partial charge in [-0.3, -0.25) is 0 Å². The maximum absolute atomic E-state index is 8.89. The van der Waals surface area contributed by atoms with Crippen LogP contribution >= 0.6 is 0 Å². The van der Waals surface area contributed by atoms with Crippen LogP contribution in [-0.2, 0) is 6.42 Å². The fourth-order valence-corrected chi connectivity index (χ4v) is 1.53. The average molecular weight is 249 g/mol. The largest absolute Gasteiger partial charge is 0.497 e. The molecule has 1 heterocycles. The lowest BCUT2D eigenvalue weighted by molar-refractivity contribution is 0.236. The summed E-state index contributed by atoms with van der Waals surface area (Å²) in [6.45, 7) is -0.221. The predicted octanol–water partition coefficient (Wildman–Crippen LogP) is 0.661. The number of benzene rings is 1. The molecule has 3 N–H and O–H groups in total. The third-order valence-corrected chi connectivity index (χ3v) is 2.49. The Morgan fingerprint density at radius 2 is 2.33 bits per heavy atom. The number of nitrogens with two attached hydrogens (primary N) is 1. The highest BCUT2D eigenvalue weighted by molar-refractivity contribution is 5.30. The van der Waals surface area contributed by atoms with Gasteiger partial charge in [0.25, 0.3) is 0 Å². The predicted molar refractivity (Wildman–Crippen MR) is 64.1 cm³/mol. The van der Waals surface area contributed by atoms with Crippen molar-refractivity contribution in [2.24, 2.45) is 5.73 Å². The van der Waals surface area contributed by atoms with Crippen molar-refractivity contribution >= 4 is 0 Å². The second kappa shape index (κ2) is 5.61. The van der Waals surface area contributed by atoms with Gasteiger partial charge >= 0.3 is 0 Å².